The topological polar surface area (TPSA) is 111 Å². The lowest BCUT2D eigenvalue weighted by Crippen LogP contribution is -2.36. The highest BCUT2D eigenvalue weighted by Crippen LogP contribution is 2.26. The first kappa shape index (κ1) is 27.6. The van der Waals surface area contributed by atoms with Crippen molar-refractivity contribution < 1.29 is 14.3 Å². The molecule has 0 unspecified atom stereocenters. The number of amides is 2. The van der Waals surface area contributed by atoms with Crippen molar-refractivity contribution in [3.63, 3.8) is 0 Å². The number of aryl methyl sites for hydroxylation is 1. The zero-order valence-corrected chi connectivity index (χ0v) is 23.5. The molecule has 0 radical (unpaired) electrons. The Balaban J connectivity index is 1.23. The van der Waals surface area contributed by atoms with Gasteiger partial charge in [-0.2, -0.15) is 0 Å². The van der Waals surface area contributed by atoms with Crippen molar-refractivity contribution >= 4 is 51.6 Å². The Morgan fingerprint density at radius 3 is 2.58 bits per heavy atom. The molecule has 2 heterocycles. The SMILES string of the molecule is CCc1ccc(O[C@@H](C)C(=O)NCc2nnc(SCC(=O)Nc3nc(-c4ccc(Cl)cc4)cs3)n2C)cc1. The van der Waals surface area contributed by atoms with E-state index in [0.717, 1.165) is 17.7 Å². The number of anilines is 1. The fourth-order valence-electron chi connectivity index (χ4n) is 3.37. The van der Waals surface area contributed by atoms with Crippen LogP contribution >= 0.6 is 34.7 Å². The van der Waals surface area contributed by atoms with Gasteiger partial charge >= 0.3 is 0 Å². The van der Waals surface area contributed by atoms with Crippen LogP contribution in [-0.2, 0) is 29.6 Å². The zero-order valence-electron chi connectivity index (χ0n) is 21.1. The number of carbonyl (C=O) groups is 2. The van der Waals surface area contributed by atoms with Crippen LogP contribution in [0.25, 0.3) is 11.3 Å². The van der Waals surface area contributed by atoms with E-state index >= 15 is 0 Å². The maximum absolute atomic E-state index is 12.5. The second kappa shape index (κ2) is 12.9. The predicted molar refractivity (Wildman–Crippen MR) is 151 cm³/mol. The first-order chi connectivity index (χ1) is 18.3. The van der Waals surface area contributed by atoms with Crippen LogP contribution < -0.4 is 15.4 Å². The summed E-state index contributed by atoms with van der Waals surface area (Å²) in [5.74, 6) is 0.869. The second-order valence-electron chi connectivity index (χ2n) is 8.31. The summed E-state index contributed by atoms with van der Waals surface area (Å²) in [6.45, 7) is 3.96. The third-order valence-electron chi connectivity index (χ3n) is 5.58. The molecule has 9 nitrogen and oxygen atoms in total. The third kappa shape index (κ3) is 7.33. The first-order valence-corrected chi connectivity index (χ1v) is 14.1. The molecule has 2 N–H and O–H groups in total. The van der Waals surface area contributed by atoms with Gasteiger partial charge in [-0.25, -0.2) is 4.98 Å². The molecule has 4 rings (SSSR count). The smallest absolute Gasteiger partial charge is 0.261 e. The zero-order chi connectivity index (χ0) is 27.1. The average Bonchev–Trinajstić information content (AvgIpc) is 3.53. The highest BCUT2D eigenvalue weighted by atomic mass is 35.5. The molecule has 0 bridgehead atoms. The van der Waals surface area contributed by atoms with Crippen molar-refractivity contribution in [3.05, 3.63) is 70.3 Å². The maximum Gasteiger partial charge on any atom is 0.261 e. The minimum absolute atomic E-state index is 0.135. The number of hydrogen-bond donors (Lipinski definition) is 2. The minimum Gasteiger partial charge on any atom is -0.481 e. The van der Waals surface area contributed by atoms with Crippen LogP contribution in [0.1, 0.15) is 25.2 Å². The molecule has 0 saturated carbocycles. The van der Waals surface area contributed by atoms with Crippen LogP contribution in [0.4, 0.5) is 5.13 Å². The number of ether oxygens (including phenoxy) is 1. The molecule has 2 amide bonds. The number of rotatable bonds is 11. The van der Waals surface area contributed by atoms with Crippen molar-refractivity contribution in [1.82, 2.24) is 25.1 Å². The molecule has 4 aromatic rings. The van der Waals surface area contributed by atoms with Gasteiger partial charge in [0.15, 0.2) is 22.2 Å². The standard InChI is InChI=1S/C26H27ClN6O3S2/c1-4-17-5-11-20(12-6-17)36-16(2)24(35)28-13-22-31-32-26(33(22)3)38-15-23(34)30-25-29-21(14-37-25)18-7-9-19(27)10-8-18/h5-12,14,16H,4,13,15H2,1-3H3,(H,28,35)(H,29,30,34)/t16-/m0/s1. The van der Waals surface area contributed by atoms with Crippen molar-refractivity contribution in [2.75, 3.05) is 11.1 Å². The number of thioether (sulfide) groups is 1. The molecule has 198 valence electrons. The Kier molecular flexibility index (Phi) is 9.38. The lowest BCUT2D eigenvalue weighted by molar-refractivity contribution is -0.127. The van der Waals surface area contributed by atoms with Gasteiger partial charge in [0.2, 0.25) is 5.91 Å². The van der Waals surface area contributed by atoms with Crippen LogP contribution in [0.2, 0.25) is 5.02 Å². The summed E-state index contributed by atoms with van der Waals surface area (Å²) in [6.07, 6.45) is 0.274. The summed E-state index contributed by atoms with van der Waals surface area (Å²) in [5, 5.41) is 17.5. The summed E-state index contributed by atoms with van der Waals surface area (Å²) < 4.78 is 7.48. The molecule has 38 heavy (non-hydrogen) atoms. The Labute approximate surface area is 234 Å². The van der Waals surface area contributed by atoms with Crippen molar-refractivity contribution in [3.8, 4) is 17.0 Å². The molecule has 0 fully saturated rings. The second-order valence-corrected chi connectivity index (χ2v) is 10.6. The summed E-state index contributed by atoms with van der Waals surface area (Å²) >= 11 is 8.54. The Bertz CT molecular complexity index is 1390. The van der Waals surface area contributed by atoms with Gasteiger partial charge in [0.25, 0.3) is 5.91 Å². The molecule has 0 spiro atoms. The summed E-state index contributed by atoms with van der Waals surface area (Å²) in [5.41, 5.74) is 2.89. The van der Waals surface area contributed by atoms with E-state index in [2.05, 4.69) is 32.7 Å². The number of nitrogens with zero attached hydrogens (tertiary/aromatic N) is 4. The molecule has 1 atom stereocenters. The highest BCUT2D eigenvalue weighted by molar-refractivity contribution is 7.99. The van der Waals surface area contributed by atoms with Crippen molar-refractivity contribution in [2.24, 2.45) is 7.05 Å². The predicted octanol–water partition coefficient (Wildman–Crippen LogP) is 4.97. The molecular weight excluding hydrogens is 544 g/mol. The van der Waals surface area contributed by atoms with E-state index in [0.29, 0.717) is 26.9 Å². The van der Waals surface area contributed by atoms with Gasteiger partial charge in [0.1, 0.15) is 5.75 Å². The molecule has 2 aromatic carbocycles. The van der Waals surface area contributed by atoms with E-state index in [9.17, 15) is 9.59 Å². The van der Waals surface area contributed by atoms with Gasteiger partial charge in [-0.3, -0.25) is 9.59 Å². The number of hydrogen-bond acceptors (Lipinski definition) is 8. The van der Waals surface area contributed by atoms with E-state index < -0.39 is 6.10 Å². The third-order valence-corrected chi connectivity index (χ3v) is 7.61. The van der Waals surface area contributed by atoms with E-state index in [-0.39, 0.29) is 24.1 Å². The molecule has 12 heteroatoms. The fourth-order valence-corrected chi connectivity index (χ4v) is 4.96. The maximum atomic E-state index is 12.5. The van der Waals surface area contributed by atoms with Crippen molar-refractivity contribution in [1.29, 1.82) is 0 Å². The number of nitrogens with one attached hydrogen (secondary N) is 2. The van der Waals surface area contributed by atoms with Gasteiger partial charge in [-0.15, -0.1) is 21.5 Å². The van der Waals surface area contributed by atoms with Gasteiger partial charge in [0, 0.05) is 23.0 Å². The number of halogens is 1. The van der Waals surface area contributed by atoms with E-state index in [1.807, 2.05) is 41.8 Å². The average molecular weight is 571 g/mol. The van der Waals surface area contributed by atoms with Crippen molar-refractivity contribution in [2.45, 2.75) is 38.1 Å². The van der Waals surface area contributed by atoms with Crippen LogP contribution in [0, 0.1) is 0 Å². The first-order valence-electron chi connectivity index (χ1n) is 11.9. The largest absolute Gasteiger partial charge is 0.481 e. The lowest BCUT2D eigenvalue weighted by Gasteiger charge is -2.15. The Hall–Kier alpha value is -3.41. The molecule has 0 aliphatic carbocycles. The molecule has 2 aromatic heterocycles. The van der Waals surface area contributed by atoms with E-state index in [1.54, 1.807) is 30.7 Å². The summed E-state index contributed by atoms with van der Waals surface area (Å²) in [4.78, 5) is 29.4. The number of thiazole rings is 1. The van der Waals surface area contributed by atoms with Gasteiger partial charge in [0.05, 0.1) is 18.0 Å². The van der Waals surface area contributed by atoms with Gasteiger partial charge in [-0.1, -0.05) is 54.6 Å². The highest BCUT2D eigenvalue weighted by Gasteiger charge is 2.17. The van der Waals surface area contributed by atoms with E-state index in [4.69, 9.17) is 16.3 Å². The quantitative estimate of drug-likeness (QED) is 0.245. The Morgan fingerprint density at radius 1 is 1.13 bits per heavy atom. The Morgan fingerprint density at radius 2 is 1.87 bits per heavy atom. The van der Waals surface area contributed by atoms with Crippen LogP contribution in [0.3, 0.4) is 0 Å². The van der Waals surface area contributed by atoms with E-state index in [1.165, 1.54) is 28.7 Å². The molecule has 0 aliphatic rings. The number of carbonyl (C=O) groups excluding carboxylic acids is 2. The number of aromatic nitrogens is 4. The molecule has 0 aliphatic heterocycles. The minimum atomic E-state index is -0.667. The molecular formula is C26H27ClN6O3S2. The number of benzene rings is 2. The van der Waals surface area contributed by atoms with Crippen LogP contribution in [-0.4, -0.2) is 43.4 Å². The summed E-state index contributed by atoms with van der Waals surface area (Å²) in [6, 6.07) is 15.0. The molecule has 0 saturated heterocycles. The lowest BCUT2D eigenvalue weighted by atomic mass is 10.2. The van der Waals surface area contributed by atoms with Gasteiger partial charge in [-0.05, 0) is 43.2 Å². The normalized spacial score (nSPS) is 11.7. The monoisotopic (exact) mass is 570 g/mol. The van der Waals surface area contributed by atoms with Crippen LogP contribution in [0.5, 0.6) is 5.75 Å². The van der Waals surface area contributed by atoms with Crippen LogP contribution in [0.15, 0.2) is 59.1 Å². The van der Waals surface area contributed by atoms with Gasteiger partial charge < -0.3 is 19.9 Å². The fraction of sp³-hybridized carbons (Fsp3) is 0.269. The summed E-state index contributed by atoms with van der Waals surface area (Å²) in [7, 11) is 1.79.